The number of aryl methyl sites for hydroxylation is 1. The number of carbonyl (C=O) groups is 1. The van der Waals surface area contributed by atoms with Gasteiger partial charge in [0.25, 0.3) is 0 Å². The van der Waals surface area contributed by atoms with Crippen molar-refractivity contribution in [2.75, 3.05) is 12.8 Å². The van der Waals surface area contributed by atoms with E-state index in [9.17, 15) is 4.79 Å². The summed E-state index contributed by atoms with van der Waals surface area (Å²) in [5.41, 5.74) is 10.0. The van der Waals surface area contributed by atoms with Gasteiger partial charge in [0.05, 0.1) is 7.11 Å². The topological polar surface area (TPSA) is 52.3 Å². The molecule has 2 aromatic rings. The van der Waals surface area contributed by atoms with Crippen molar-refractivity contribution in [1.29, 1.82) is 0 Å². The first kappa shape index (κ1) is 14.1. The highest BCUT2D eigenvalue weighted by Crippen LogP contribution is 2.22. The van der Waals surface area contributed by atoms with E-state index in [1.165, 1.54) is 12.7 Å². The van der Waals surface area contributed by atoms with Crippen LogP contribution in [0.15, 0.2) is 48.5 Å². The van der Waals surface area contributed by atoms with E-state index in [1.54, 1.807) is 0 Å². The van der Waals surface area contributed by atoms with Crippen molar-refractivity contribution < 1.29 is 9.53 Å². The fourth-order valence-corrected chi connectivity index (χ4v) is 2.12. The molecule has 20 heavy (non-hydrogen) atoms. The third-order valence-electron chi connectivity index (χ3n) is 3.25. The van der Waals surface area contributed by atoms with Crippen LogP contribution in [0.2, 0.25) is 0 Å². The number of hydrogen-bond acceptors (Lipinski definition) is 3. The van der Waals surface area contributed by atoms with E-state index in [2.05, 4.69) is 29.0 Å². The van der Waals surface area contributed by atoms with Gasteiger partial charge in [-0.1, -0.05) is 36.4 Å². The molecule has 0 amide bonds. The molecule has 0 spiro atoms. The minimum atomic E-state index is -0.151. The van der Waals surface area contributed by atoms with Gasteiger partial charge in [0, 0.05) is 12.1 Å². The largest absolute Gasteiger partial charge is 0.469 e. The lowest BCUT2D eigenvalue weighted by molar-refractivity contribution is -0.140. The monoisotopic (exact) mass is 269 g/mol. The van der Waals surface area contributed by atoms with Crippen LogP contribution in [0.3, 0.4) is 0 Å². The number of benzene rings is 2. The van der Waals surface area contributed by atoms with Crippen LogP contribution in [0.5, 0.6) is 0 Å². The van der Waals surface area contributed by atoms with E-state index in [1.807, 2.05) is 24.3 Å². The molecule has 0 atom stereocenters. The van der Waals surface area contributed by atoms with Gasteiger partial charge in [0.2, 0.25) is 0 Å². The quantitative estimate of drug-likeness (QED) is 0.668. The van der Waals surface area contributed by atoms with Gasteiger partial charge in [-0.05, 0) is 41.7 Å². The molecule has 0 aliphatic heterocycles. The third-order valence-corrected chi connectivity index (χ3v) is 3.25. The van der Waals surface area contributed by atoms with Gasteiger partial charge in [-0.3, -0.25) is 4.79 Å². The molecule has 0 heterocycles. The average Bonchev–Trinajstić information content (AvgIpc) is 2.48. The zero-order valence-electron chi connectivity index (χ0n) is 11.6. The number of methoxy groups -OCH3 is 1. The van der Waals surface area contributed by atoms with E-state index in [-0.39, 0.29) is 5.97 Å². The molecule has 2 rings (SSSR count). The van der Waals surface area contributed by atoms with Gasteiger partial charge in [0.1, 0.15) is 0 Å². The van der Waals surface area contributed by atoms with E-state index in [0.29, 0.717) is 6.42 Å². The van der Waals surface area contributed by atoms with E-state index < -0.39 is 0 Å². The first-order valence-electron chi connectivity index (χ1n) is 6.71. The Kier molecular flexibility index (Phi) is 4.77. The summed E-state index contributed by atoms with van der Waals surface area (Å²) in [6.45, 7) is 0. The number of ether oxygens (including phenoxy) is 1. The smallest absolute Gasteiger partial charge is 0.305 e. The van der Waals surface area contributed by atoms with E-state index in [0.717, 1.165) is 29.7 Å². The van der Waals surface area contributed by atoms with Gasteiger partial charge in [0.15, 0.2) is 0 Å². The van der Waals surface area contributed by atoms with Crippen LogP contribution in [0, 0.1) is 0 Å². The summed E-state index contributed by atoms with van der Waals surface area (Å²) < 4.78 is 4.63. The lowest BCUT2D eigenvalue weighted by atomic mass is 10.0. The predicted octanol–water partition coefficient (Wildman–Crippen LogP) is 3.43. The van der Waals surface area contributed by atoms with Gasteiger partial charge >= 0.3 is 5.97 Å². The molecule has 3 heteroatoms. The first-order chi connectivity index (χ1) is 9.69. The number of carbonyl (C=O) groups excluding carboxylic acids is 1. The summed E-state index contributed by atoms with van der Waals surface area (Å²) in [5, 5.41) is 0. The Labute approximate surface area is 119 Å². The number of nitrogens with two attached hydrogens (primary N) is 1. The highest BCUT2D eigenvalue weighted by Gasteiger charge is 2.02. The summed E-state index contributed by atoms with van der Waals surface area (Å²) in [6.07, 6.45) is 2.16. The van der Waals surface area contributed by atoms with Gasteiger partial charge < -0.3 is 10.5 Å². The van der Waals surface area contributed by atoms with Gasteiger partial charge in [-0.2, -0.15) is 0 Å². The fraction of sp³-hybridized carbons (Fsp3) is 0.235. The summed E-state index contributed by atoms with van der Waals surface area (Å²) in [5.74, 6) is -0.151. The number of rotatable bonds is 5. The summed E-state index contributed by atoms with van der Waals surface area (Å²) >= 11 is 0. The van der Waals surface area contributed by atoms with Crippen LogP contribution >= 0.6 is 0 Å². The molecule has 2 aromatic carbocycles. The van der Waals surface area contributed by atoms with Crippen LogP contribution in [0.4, 0.5) is 5.69 Å². The molecule has 0 bridgehead atoms. The van der Waals surface area contributed by atoms with Crippen molar-refractivity contribution in [3.63, 3.8) is 0 Å². The number of esters is 1. The van der Waals surface area contributed by atoms with Crippen LogP contribution in [-0.4, -0.2) is 13.1 Å². The Morgan fingerprint density at radius 3 is 2.50 bits per heavy atom. The van der Waals surface area contributed by atoms with Crippen LogP contribution in [0.1, 0.15) is 18.4 Å². The fourth-order valence-electron chi connectivity index (χ4n) is 2.12. The van der Waals surface area contributed by atoms with Crippen LogP contribution < -0.4 is 5.73 Å². The zero-order chi connectivity index (χ0) is 14.4. The standard InChI is InChI=1S/C17H19NO2/c1-20-17(19)7-2-4-13-8-10-14(11-9-13)15-5-3-6-16(18)12-15/h3,5-6,8-12H,2,4,7,18H2,1H3. The number of anilines is 1. The molecule has 0 unspecified atom stereocenters. The maximum atomic E-state index is 11.0. The second-order valence-corrected chi connectivity index (χ2v) is 4.75. The number of nitrogen functional groups attached to an aromatic ring is 1. The molecular weight excluding hydrogens is 250 g/mol. The maximum Gasteiger partial charge on any atom is 0.305 e. The maximum absolute atomic E-state index is 11.0. The Bertz CT molecular complexity index is 576. The minimum Gasteiger partial charge on any atom is -0.469 e. The van der Waals surface area contributed by atoms with Crippen LogP contribution in [-0.2, 0) is 16.0 Å². The molecule has 0 saturated heterocycles. The average molecular weight is 269 g/mol. The van der Waals surface area contributed by atoms with Crippen LogP contribution in [0.25, 0.3) is 11.1 Å². The molecule has 0 fully saturated rings. The summed E-state index contributed by atoms with van der Waals surface area (Å²) in [4.78, 5) is 11.0. The Balaban J connectivity index is 1.98. The summed E-state index contributed by atoms with van der Waals surface area (Å²) in [6, 6.07) is 16.2. The highest BCUT2D eigenvalue weighted by atomic mass is 16.5. The van der Waals surface area contributed by atoms with Crippen molar-refractivity contribution in [2.24, 2.45) is 0 Å². The first-order valence-corrected chi connectivity index (χ1v) is 6.71. The normalized spacial score (nSPS) is 10.2. The molecule has 0 aliphatic carbocycles. The summed E-state index contributed by atoms with van der Waals surface area (Å²) in [7, 11) is 1.42. The third kappa shape index (κ3) is 3.85. The second-order valence-electron chi connectivity index (χ2n) is 4.75. The predicted molar refractivity (Wildman–Crippen MR) is 81.2 cm³/mol. The lowest BCUT2D eigenvalue weighted by Gasteiger charge is -2.05. The van der Waals surface area contributed by atoms with Gasteiger partial charge in [-0.25, -0.2) is 0 Å². The molecule has 0 aromatic heterocycles. The molecule has 0 radical (unpaired) electrons. The number of hydrogen-bond donors (Lipinski definition) is 1. The molecule has 2 N–H and O–H groups in total. The molecule has 3 nitrogen and oxygen atoms in total. The van der Waals surface area contributed by atoms with Crippen molar-refractivity contribution in [3.8, 4) is 11.1 Å². The highest BCUT2D eigenvalue weighted by molar-refractivity contribution is 5.69. The van der Waals surface area contributed by atoms with Crippen molar-refractivity contribution in [2.45, 2.75) is 19.3 Å². The Morgan fingerprint density at radius 1 is 1.10 bits per heavy atom. The van der Waals surface area contributed by atoms with Crippen molar-refractivity contribution >= 4 is 11.7 Å². The van der Waals surface area contributed by atoms with E-state index >= 15 is 0 Å². The van der Waals surface area contributed by atoms with Gasteiger partial charge in [-0.15, -0.1) is 0 Å². The van der Waals surface area contributed by atoms with Crippen molar-refractivity contribution in [1.82, 2.24) is 0 Å². The minimum absolute atomic E-state index is 0.151. The molecule has 0 saturated carbocycles. The molecule has 0 aliphatic rings. The Hall–Kier alpha value is -2.29. The molecule has 104 valence electrons. The lowest BCUT2D eigenvalue weighted by Crippen LogP contribution is -2.00. The zero-order valence-corrected chi connectivity index (χ0v) is 11.6. The SMILES string of the molecule is COC(=O)CCCc1ccc(-c2cccc(N)c2)cc1. The Morgan fingerprint density at radius 2 is 1.85 bits per heavy atom. The van der Waals surface area contributed by atoms with E-state index in [4.69, 9.17) is 5.73 Å². The molecular formula is C17H19NO2. The van der Waals surface area contributed by atoms with Crippen molar-refractivity contribution in [3.05, 3.63) is 54.1 Å². The second kappa shape index (κ2) is 6.75.